The van der Waals surface area contributed by atoms with E-state index in [0.29, 0.717) is 13.0 Å². The molecule has 1 aliphatic carbocycles. The van der Waals surface area contributed by atoms with Crippen LogP contribution in [0.5, 0.6) is 0 Å². The van der Waals surface area contributed by atoms with Gasteiger partial charge in [0, 0.05) is 25.9 Å². The topological polar surface area (TPSA) is 49.4 Å². The maximum absolute atomic E-state index is 13.1. The van der Waals surface area contributed by atoms with Crippen LogP contribution in [0.3, 0.4) is 0 Å². The van der Waals surface area contributed by atoms with Crippen LogP contribution in [0.2, 0.25) is 0 Å². The predicted octanol–water partition coefficient (Wildman–Crippen LogP) is 2.19. The Hall–Kier alpha value is -1.91. The number of hydrogen-bond acceptors (Lipinski definition) is 2. The molecule has 1 aromatic carbocycles. The summed E-state index contributed by atoms with van der Waals surface area (Å²) < 4.78 is 13.1. The van der Waals surface area contributed by atoms with Crippen molar-refractivity contribution in [3.8, 4) is 0 Å². The lowest BCUT2D eigenvalue weighted by Gasteiger charge is -2.44. The number of halogens is 1. The van der Waals surface area contributed by atoms with Crippen LogP contribution < -0.4 is 5.32 Å². The summed E-state index contributed by atoms with van der Waals surface area (Å²) in [5, 5.41) is 3.14. The smallest absolute Gasteiger partial charge is 0.224 e. The summed E-state index contributed by atoms with van der Waals surface area (Å²) >= 11 is 0. The molecule has 0 aromatic heterocycles. The number of amides is 2. The summed E-state index contributed by atoms with van der Waals surface area (Å²) in [6, 6.07) is 6.35. The van der Waals surface area contributed by atoms with Gasteiger partial charge < -0.3 is 10.2 Å². The Bertz CT molecular complexity index is 581. The fourth-order valence-electron chi connectivity index (χ4n) is 3.29. The summed E-state index contributed by atoms with van der Waals surface area (Å²) in [7, 11) is 1.77. The highest BCUT2D eigenvalue weighted by Crippen LogP contribution is 2.41. The predicted molar refractivity (Wildman–Crippen MR) is 80.4 cm³/mol. The molecule has 22 heavy (non-hydrogen) atoms. The number of nitrogens with one attached hydrogen (secondary N) is 1. The second-order valence-electron chi connectivity index (χ2n) is 6.44. The van der Waals surface area contributed by atoms with E-state index in [9.17, 15) is 14.0 Å². The Morgan fingerprint density at radius 1 is 1.32 bits per heavy atom. The van der Waals surface area contributed by atoms with Gasteiger partial charge in [0.2, 0.25) is 11.8 Å². The van der Waals surface area contributed by atoms with E-state index in [-0.39, 0.29) is 35.5 Å². The fourth-order valence-corrected chi connectivity index (χ4v) is 3.29. The first-order valence-electron chi connectivity index (χ1n) is 7.82. The van der Waals surface area contributed by atoms with Crippen molar-refractivity contribution in [3.05, 3.63) is 35.6 Å². The minimum Gasteiger partial charge on any atom is -0.346 e. The molecule has 1 aliphatic heterocycles. The highest BCUT2D eigenvalue weighted by atomic mass is 19.1. The van der Waals surface area contributed by atoms with E-state index < -0.39 is 0 Å². The van der Waals surface area contributed by atoms with Gasteiger partial charge in [0.05, 0.1) is 5.54 Å². The third-order valence-electron chi connectivity index (χ3n) is 5.00. The number of hydrogen-bond donors (Lipinski definition) is 1. The van der Waals surface area contributed by atoms with E-state index in [2.05, 4.69) is 5.32 Å². The van der Waals surface area contributed by atoms with Crippen molar-refractivity contribution in [2.45, 2.75) is 37.6 Å². The zero-order chi connectivity index (χ0) is 15.7. The Balaban J connectivity index is 1.71. The molecule has 2 fully saturated rings. The summed E-state index contributed by atoms with van der Waals surface area (Å²) in [5.41, 5.74) is 0.574. The van der Waals surface area contributed by atoms with Gasteiger partial charge in [0.25, 0.3) is 0 Å². The molecule has 2 amide bonds. The lowest BCUT2D eigenvalue weighted by Crippen LogP contribution is -2.53. The van der Waals surface area contributed by atoms with Gasteiger partial charge >= 0.3 is 0 Å². The highest BCUT2D eigenvalue weighted by molar-refractivity contribution is 5.87. The molecule has 0 bridgehead atoms. The molecular formula is C17H21FN2O2. The summed E-state index contributed by atoms with van der Waals surface area (Å²) in [6.07, 6.45) is 3.76. The van der Waals surface area contributed by atoms with E-state index in [1.54, 1.807) is 24.1 Å². The molecule has 1 atom stereocenters. The molecule has 1 heterocycles. The Labute approximate surface area is 129 Å². The summed E-state index contributed by atoms with van der Waals surface area (Å²) in [6.45, 7) is 0.625. The van der Waals surface area contributed by atoms with Gasteiger partial charge in [0.1, 0.15) is 5.82 Å². The minimum atomic E-state index is -0.378. The largest absolute Gasteiger partial charge is 0.346 e. The monoisotopic (exact) mass is 304 g/mol. The summed E-state index contributed by atoms with van der Waals surface area (Å²) in [5.74, 6) is -0.548. The quantitative estimate of drug-likeness (QED) is 0.930. The Morgan fingerprint density at radius 3 is 2.55 bits per heavy atom. The molecule has 0 spiro atoms. The zero-order valence-corrected chi connectivity index (χ0v) is 12.8. The first-order chi connectivity index (χ1) is 10.5. The van der Waals surface area contributed by atoms with Crippen LogP contribution in [0, 0.1) is 11.7 Å². The molecule has 118 valence electrons. The molecule has 2 aliphatic rings. The van der Waals surface area contributed by atoms with Crippen molar-refractivity contribution in [1.29, 1.82) is 0 Å². The van der Waals surface area contributed by atoms with Gasteiger partial charge in [-0.25, -0.2) is 4.39 Å². The lowest BCUT2D eigenvalue weighted by atomic mass is 9.71. The second kappa shape index (κ2) is 5.71. The van der Waals surface area contributed by atoms with Crippen LogP contribution >= 0.6 is 0 Å². The minimum absolute atomic E-state index is 0.0239. The van der Waals surface area contributed by atoms with Crippen LogP contribution in [0.25, 0.3) is 0 Å². The van der Waals surface area contributed by atoms with E-state index in [4.69, 9.17) is 0 Å². The van der Waals surface area contributed by atoms with Gasteiger partial charge in [0.15, 0.2) is 0 Å². The molecule has 1 aromatic rings. The van der Waals surface area contributed by atoms with Gasteiger partial charge in [-0.15, -0.1) is 0 Å². The maximum atomic E-state index is 13.1. The van der Waals surface area contributed by atoms with Gasteiger partial charge in [-0.3, -0.25) is 9.59 Å². The zero-order valence-electron chi connectivity index (χ0n) is 12.8. The molecule has 0 radical (unpaired) electrons. The highest BCUT2D eigenvalue weighted by Gasteiger charge is 2.42. The number of carbonyl (C=O) groups excluding carboxylic acids is 2. The van der Waals surface area contributed by atoms with Gasteiger partial charge in [-0.1, -0.05) is 12.1 Å². The van der Waals surface area contributed by atoms with Crippen molar-refractivity contribution in [2.75, 3.05) is 13.6 Å². The average Bonchev–Trinajstić information content (AvgIpc) is 2.46. The van der Waals surface area contributed by atoms with Crippen molar-refractivity contribution in [1.82, 2.24) is 10.2 Å². The van der Waals surface area contributed by atoms with E-state index in [0.717, 1.165) is 24.8 Å². The number of likely N-dealkylation sites (tertiary alicyclic amines) is 1. The number of piperidine rings is 1. The molecule has 5 heteroatoms. The van der Waals surface area contributed by atoms with Crippen molar-refractivity contribution in [3.63, 3.8) is 0 Å². The SMILES string of the molecule is CN1CC[C@H](C(=O)NC2(c3ccc(F)cc3)CCC2)CC1=O. The molecule has 3 rings (SSSR count). The van der Waals surface area contributed by atoms with Crippen LogP contribution in [0.15, 0.2) is 24.3 Å². The summed E-state index contributed by atoms with van der Waals surface area (Å²) in [4.78, 5) is 26.0. The van der Waals surface area contributed by atoms with Crippen LogP contribution in [0.4, 0.5) is 4.39 Å². The van der Waals surface area contributed by atoms with Crippen LogP contribution in [-0.2, 0) is 15.1 Å². The van der Waals surface area contributed by atoms with Crippen LogP contribution in [0.1, 0.15) is 37.7 Å². The second-order valence-corrected chi connectivity index (χ2v) is 6.44. The lowest BCUT2D eigenvalue weighted by molar-refractivity contribution is -0.140. The fraction of sp³-hybridized carbons (Fsp3) is 0.529. The Kier molecular flexibility index (Phi) is 3.89. The van der Waals surface area contributed by atoms with Crippen molar-refractivity contribution < 1.29 is 14.0 Å². The molecular weight excluding hydrogens is 283 g/mol. The van der Waals surface area contributed by atoms with E-state index in [1.807, 2.05) is 0 Å². The number of benzene rings is 1. The molecule has 1 saturated heterocycles. The van der Waals surface area contributed by atoms with Crippen molar-refractivity contribution in [2.24, 2.45) is 5.92 Å². The third kappa shape index (κ3) is 2.72. The molecule has 1 saturated carbocycles. The third-order valence-corrected chi connectivity index (χ3v) is 5.00. The molecule has 4 nitrogen and oxygen atoms in total. The standard InChI is InChI=1S/C17H21FN2O2/c1-20-10-7-12(11-15(20)21)16(22)19-17(8-2-9-17)13-3-5-14(18)6-4-13/h3-6,12H,2,7-11H2,1H3,(H,19,22)/t12-/m0/s1. The Morgan fingerprint density at radius 2 is 2.00 bits per heavy atom. The first kappa shape index (κ1) is 15.0. The van der Waals surface area contributed by atoms with E-state index in [1.165, 1.54) is 12.1 Å². The van der Waals surface area contributed by atoms with Crippen molar-refractivity contribution >= 4 is 11.8 Å². The number of nitrogens with zero attached hydrogens (tertiary/aromatic N) is 1. The molecule has 0 unspecified atom stereocenters. The first-order valence-corrected chi connectivity index (χ1v) is 7.82. The number of carbonyl (C=O) groups is 2. The average molecular weight is 304 g/mol. The molecule has 1 N–H and O–H groups in total. The van der Waals surface area contributed by atoms with Gasteiger partial charge in [-0.2, -0.15) is 0 Å². The maximum Gasteiger partial charge on any atom is 0.224 e. The van der Waals surface area contributed by atoms with Gasteiger partial charge in [-0.05, 0) is 43.4 Å². The van der Waals surface area contributed by atoms with Crippen LogP contribution in [-0.4, -0.2) is 30.3 Å². The normalized spacial score (nSPS) is 23.8. The number of rotatable bonds is 3. The van der Waals surface area contributed by atoms with E-state index >= 15 is 0 Å².